The maximum absolute atomic E-state index is 10.9. The summed E-state index contributed by atoms with van der Waals surface area (Å²) in [6.45, 7) is 0. The highest BCUT2D eigenvalue weighted by Crippen LogP contribution is 2.33. The molecule has 2 aromatic rings. The van der Waals surface area contributed by atoms with Gasteiger partial charge in [-0.25, -0.2) is 0 Å². The van der Waals surface area contributed by atoms with Crippen LogP contribution in [0.1, 0.15) is 11.3 Å². The highest BCUT2D eigenvalue weighted by atomic mass is 16.4. The Balaban J connectivity index is 2.13. The van der Waals surface area contributed by atoms with Crippen molar-refractivity contribution in [2.75, 3.05) is 5.73 Å². The maximum Gasteiger partial charge on any atom is 0.307 e. The normalized spacial score (nSPS) is 18.9. The lowest BCUT2D eigenvalue weighted by Gasteiger charge is -2.02. The predicted octanol–water partition coefficient (Wildman–Crippen LogP) is 1.55. The molecule has 3 rings (SSSR count). The first kappa shape index (κ1) is 9.27. The Morgan fingerprint density at radius 2 is 2.25 bits per heavy atom. The summed E-state index contributed by atoms with van der Waals surface area (Å²) in [5.41, 5.74) is 9.67. The van der Waals surface area contributed by atoms with Crippen LogP contribution in [0.5, 0.6) is 0 Å². The van der Waals surface area contributed by atoms with Crippen molar-refractivity contribution in [1.82, 2.24) is 4.98 Å². The summed E-state index contributed by atoms with van der Waals surface area (Å²) in [7, 11) is 0. The number of rotatable bonds is 1. The monoisotopic (exact) mass is 216 g/mol. The van der Waals surface area contributed by atoms with Crippen molar-refractivity contribution in [3.63, 3.8) is 0 Å². The number of benzene rings is 1. The molecule has 0 saturated heterocycles. The van der Waals surface area contributed by atoms with E-state index in [1.807, 2.05) is 18.2 Å². The van der Waals surface area contributed by atoms with Gasteiger partial charge in [-0.05, 0) is 30.2 Å². The van der Waals surface area contributed by atoms with Crippen LogP contribution < -0.4 is 5.73 Å². The molecule has 4 nitrogen and oxygen atoms in total. The molecule has 0 spiro atoms. The Morgan fingerprint density at radius 1 is 1.44 bits per heavy atom. The van der Waals surface area contributed by atoms with E-state index in [0.29, 0.717) is 18.5 Å². The van der Waals surface area contributed by atoms with Crippen molar-refractivity contribution in [2.24, 2.45) is 5.92 Å². The molecule has 1 heterocycles. The van der Waals surface area contributed by atoms with Gasteiger partial charge in [0.2, 0.25) is 0 Å². The number of hydrogen-bond acceptors (Lipinski definition) is 2. The van der Waals surface area contributed by atoms with Gasteiger partial charge in [-0.1, -0.05) is 0 Å². The standard InChI is InChI=1S/C12H12N2O2/c13-7-1-2-10-9(5-7)8-3-6(12(15)16)4-11(8)14-10/h1-2,5-6,14H,3-4,13H2,(H,15,16). The summed E-state index contributed by atoms with van der Waals surface area (Å²) in [4.78, 5) is 14.2. The topological polar surface area (TPSA) is 79.1 Å². The van der Waals surface area contributed by atoms with Gasteiger partial charge < -0.3 is 15.8 Å². The molecule has 0 aliphatic heterocycles. The molecule has 0 fully saturated rings. The average molecular weight is 216 g/mol. The molecule has 1 aromatic heterocycles. The van der Waals surface area contributed by atoms with Crippen LogP contribution in [-0.4, -0.2) is 16.1 Å². The quantitative estimate of drug-likeness (QED) is 0.633. The molecule has 16 heavy (non-hydrogen) atoms. The van der Waals surface area contributed by atoms with Gasteiger partial charge in [0.05, 0.1) is 5.92 Å². The van der Waals surface area contributed by atoms with E-state index in [0.717, 1.165) is 22.2 Å². The number of H-pyrrole nitrogens is 1. The summed E-state index contributed by atoms with van der Waals surface area (Å²) < 4.78 is 0. The van der Waals surface area contributed by atoms with Crippen molar-refractivity contribution in [1.29, 1.82) is 0 Å². The molecule has 82 valence electrons. The summed E-state index contributed by atoms with van der Waals surface area (Å²) in [5, 5.41) is 10.1. The number of aromatic nitrogens is 1. The Labute approximate surface area is 92.1 Å². The minimum absolute atomic E-state index is 0.285. The van der Waals surface area contributed by atoms with Gasteiger partial charge in [-0.15, -0.1) is 0 Å². The fourth-order valence-corrected chi connectivity index (χ4v) is 2.47. The van der Waals surface area contributed by atoms with Crippen LogP contribution in [0.25, 0.3) is 10.9 Å². The minimum atomic E-state index is -0.721. The summed E-state index contributed by atoms with van der Waals surface area (Å²) in [6.07, 6.45) is 1.20. The SMILES string of the molecule is Nc1ccc2[nH]c3c(c2c1)CC(C(=O)O)C3. The largest absolute Gasteiger partial charge is 0.481 e. The highest BCUT2D eigenvalue weighted by molar-refractivity contribution is 5.89. The van der Waals surface area contributed by atoms with Gasteiger partial charge in [0, 0.05) is 28.7 Å². The van der Waals surface area contributed by atoms with Gasteiger partial charge in [-0.2, -0.15) is 0 Å². The maximum atomic E-state index is 10.9. The number of fused-ring (bicyclic) bond motifs is 3. The molecule has 1 atom stereocenters. The number of hydrogen-bond donors (Lipinski definition) is 3. The number of carboxylic acids is 1. The van der Waals surface area contributed by atoms with Crippen LogP contribution in [0.4, 0.5) is 5.69 Å². The lowest BCUT2D eigenvalue weighted by Crippen LogP contribution is -2.13. The molecule has 0 amide bonds. The van der Waals surface area contributed by atoms with Crippen LogP contribution in [0.3, 0.4) is 0 Å². The van der Waals surface area contributed by atoms with E-state index in [1.165, 1.54) is 0 Å². The summed E-state index contributed by atoms with van der Waals surface area (Å²) in [5.74, 6) is -1.01. The lowest BCUT2D eigenvalue weighted by atomic mass is 10.1. The molecule has 0 bridgehead atoms. The van der Waals surface area contributed by atoms with Gasteiger partial charge in [0.25, 0.3) is 0 Å². The number of aromatic amines is 1. The molecule has 4 N–H and O–H groups in total. The molecule has 4 heteroatoms. The second kappa shape index (κ2) is 3.01. The first-order valence-corrected chi connectivity index (χ1v) is 5.27. The number of aliphatic carboxylic acids is 1. The number of carbonyl (C=O) groups is 1. The zero-order valence-electron chi connectivity index (χ0n) is 8.66. The Hall–Kier alpha value is -1.97. The van der Waals surface area contributed by atoms with Crippen molar-refractivity contribution >= 4 is 22.6 Å². The predicted molar refractivity (Wildman–Crippen MR) is 61.2 cm³/mol. The Bertz CT molecular complexity index is 586. The van der Waals surface area contributed by atoms with Crippen molar-refractivity contribution < 1.29 is 9.90 Å². The van der Waals surface area contributed by atoms with Crippen LogP contribution in [0.15, 0.2) is 18.2 Å². The summed E-state index contributed by atoms with van der Waals surface area (Å²) >= 11 is 0. The molecule has 1 unspecified atom stereocenters. The highest BCUT2D eigenvalue weighted by Gasteiger charge is 2.29. The fourth-order valence-electron chi connectivity index (χ4n) is 2.47. The van der Waals surface area contributed by atoms with E-state index in [1.54, 1.807) is 0 Å². The summed E-state index contributed by atoms with van der Waals surface area (Å²) in [6, 6.07) is 5.70. The van der Waals surface area contributed by atoms with E-state index in [4.69, 9.17) is 10.8 Å². The van der Waals surface area contributed by atoms with Crippen LogP contribution >= 0.6 is 0 Å². The first-order chi connectivity index (χ1) is 7.65. The van der Waals surface area contributed by atoms with Gasteiger partial charge >= 0.3 is 5.97 Å². The first-order valence-electron chi connectivity index (χ1n) is 5.27. The second-order valence-electron chi connectivity index (χ2n) is 4.33. The van der Waals surface area contributed by atoms with Crippen molar-refractivity contribution in [2.45, 2.75) is 12.8 Å². The zero-order chi connectivity index (χ0) is 11.3. The van der Waals surface area contributed by atoms with E-state index in [9.17, 15) is 4.79 Å². The third kappa shape index (κ3) is 1.19. The van der Waals surface area contributed by atoms with Crippen LogP contribution in [0, 0.1) is 5.92 Å². The van der Waals surface area contributed by atoms with Crippen molar-refractivity contribution in [3.8, 4) is 0 Å². The number of nitrogens with two attached hydrogens (primary N) is 1. The lowest BCUT2D eigenvalue weighted by molar-refractivity contribution is -0.141. The number of anilines is 1. The van der Waals surface area contributed by atoms with Gasteiger partial charge in [-0.3, -0.25) is 4.79 Å². The number of nitrogen functional groups attached to an aromatic ring is 1. The van der Waals surface area contributed by atoms with Gasteiger partial charge in [0.15, 0.2) is 0 Å². The minimum Gasteiger partial charge on any atom is -0.481 e. The fraction of sp³-hybridized carbons (Fsp3) is 0.250. The molecule has 1 aliphatic rings. The van der Waals surface area contributed by atoms with E-state index in [-0.39, 0.29) is 5.92 Å². The molecular weight excluding hydrogens is 204 g/mol. The van der Waals surface area contributed by atoms with E-state index >= 15 is 0 Å². The second-order valence-corrected chi connectivity index (χ2v) is 4.33. The number of carboxylic acid groups (broad SMARTS) is 1. The van der Waals surface area contributed by atoms with E-state index in [2.05, 4.69) is 4.98 Å². The van der Waals surface area contributed by atoms with Gasteiger partial charge in [0.1, 0.15) is 0 Å². The average Bonchev–Trinajstić information content (AvgIpc) is 2.75. The molecule has 0 saturated carbocycles. The molecular formula is C12H12N2O2. The Kier molecular flexibility index (Phi) is 1.74. The third-order valence-electron chi connectivity index (χ3n) is 3.27. The Morgan fingerprint density at radius 3 is 3.00 bits per heavy atom. The van der Waals surface area contributed by atoms with Crippen LogP contribution in [-0.2, 0) is 17.6 Å². The molecule has 0 radical (unpaired) electrons. The number of nitrogens with one attached hydrogen (secondary N) is 1. The smallest absolute Gasteiger partial charge is 0.307 e. The van der Waals surface area contributed by atoms with Crippen molar-refractivity contribution in [3.05, 3.63) is 29.5 Å². The molecule has 1 aromatic carbocycles. The van der Waals surface area contributed by atoms with Crippen LogP contribution in [0.2, 0.25) is 0 Å². The zero-order valence-corrected chi connectivity index (χ0v) is 8.66. The van der Waals surface area contributed by atoms with E-state index < -0.39 is 5.97 Å². The molecule has 1 aliphatic carbocycles. The third-order valence-corrected chi connectivity index (χ3v) is 3.27.